The van der Waals surface area contributed by atoms with Crippen LogP contribution in [0.2, 0.25) is 0 Å². The van der Waals surface area contributed by atoms with Crippen LogP contribution in [0.4, 0.5) is 5.69 Å². The number of benzene rings is 1. The minimum Gasteiger partial charge on any atom is -0.477 e. The summed E-state index contributed by atoms with van der Waals surface area (Å²) >= 11 is 0. The SMILES string of the molecule is O=C(O)C(=CNc1cccc(-c2ccncc2)c1)C(=O)O. The van der Waals surface area contributed by atoms with E-state index in [4.69, 9.17) is 10.2 Å². The standard InChI is InChI=1S/C15H12N2O4/c18-14(19)13(15(20)21)9-17-12-3-1-2-11(8-12)10-4-6-16-7-5-10/h1-9,17H,(H,18,19)(H,20,21). The summed E-state index contributed by atoms with van der Waals surface area (Å²) in [5.74, 6) is -3.00. The molecular formula is C15H12N2O4. The third-order valence-electron chi connectivity index (χ3n) is 2.72. The van der Waals surface area contributed by atoms with Gasteiger partial charge in [0.25, 0.3) is 0 Å². The minimum absolute atomic E-state index is 0.587. The van der Waals surface area contributed by atoms with Crippen molar-refractivity contribution < 1.29 is 19.8 Å². The Labute approximate surface area is 120 Å². The molecule has 0 bridgehead atoms. The fourth-order valence-electron chi connectivity index (χ4n) is 1.70. The van der Waals surface area contributed by atoms with Gasteiger partial charge in [0.2, 0.25) is 0 Å². The van der Waals surface area contributed by atoms with E-state index >= 15 is 0 Å². The Morgan fingerprint density at radius 2 is 1.67 bits per heavy atom. The van der Waals surface area contributed by atoms with E-state index in [-0.39, 0.29) is 0 Å². The minimum atomic E-state index is -1.50. The van der Waals surface area contributed by atoms with Crippen LogP contribution in [0.15, 0.2) is 60.6 Å². The van der Waals surface area contributed by atoms with Gasteiger partial charge < -0.3 is 15.5 Å². The second-order valence-electron chi connectivity index (χ2n) is 4.13. The summed E-state index contributed by atoms with van der Waals surface area (Å²) in [7, 11) is 0. The molecule has 106 valence electrons. The van der Waals surface area contributed by atoms with Gasteiger partial charge in [-0.15, -0.1) is 0 Å². The summed E-state index contributed by atoms with van der Waals surface area (Å²) in [6, 6.07) is 10.9. The number of carbonyl (C=O) groups is 2. The number of nitrogens with one attached hydrogen (secondary N) is 1. The summed E-state index contributed by atoms with van der Waals surface area (Å²) in [5, 5.41) is 20.2. The molecule has 0 aliphatic heterocycles. The van der Waals surface area contributed by atoms with Gasteiger partial charge in [-0.05, 0) is 35.4 Å². The Kier molecular flexibility index (Phi) is 4.30. The number of aromatic nitrogens is 1. The molecule has 2 rings (SSSR count). The summed E-state index contributed by atoms with van der Waals surface area (Å²) in [4.78, 5) is 25.4. The summed E-state index contributed by atoms with van der Waals surface area (Å²) < 4.78 is 0. The lowest BCUT2D eigenvalue weighted by Gasteiger charge is -2.06. The quantitative estimate of drug-likeness (QED) is 0.442. The van der Waals surface area contributed by atoms with Crippen LogP contribution in [0.1, 0.15) is 0 Å². The highest BCUT2D eigenvalue weighted by Crippen LogP contribution is 2.21. The van der Waals surface area contributed by atoms with Gasteiger partial charge >= 0.3 is 11.9 Å². The van der Waals surface area contributed by atoms with Gasteiger partial charge in [-0.2, -0.15) is 0 Å². The van der Waals surface area contributed by atoms with Gasteiger partial charge in [0.05, 0.1) is 0 Å². The number of hydrogen-bond donors (Lipinski definition) is 3. The molecule has 21 heavy (non-hydrogen) atoms. The van der Waals surface area contributed by atoms with Crippen molar-refractivity contribution in [3.63, 3.8) is 0 Å². The van der Waals surface area contributed by atoms with Crippen molar-refractivity contribution in [3.8, 4) is 11.1 Å². The van der Waals surface area contributed by atoms with E-state index in [1.807, 2.05) is 18.2 Å². The van der Waals surface area contributed by atoms with Crippen LogP contribution >= 0.6 is 0 Å². The number of pyridine rings is 1. The molecule has 0 unspecified atom stereocenters. The molecule has 0 aliphatic rings. The molecule has 2 aromatic rings. The number of nitrogens with zero attached hydrogens (tertiary/aromatic N) is 1. The van der Waals surface area contributed by atoms with E-state index in [0.29, 0.717) is 5.69 Å². The number of carboxylic acid groups (broad SMARTS) is 2. The topological polar surface area (TPSA) is 99.5 Å². The highest BCUT2D eigenvalue weighted by atomic mass is 16.4. The predicted octanol–water partition coefficient (Wildman–Crippen LogP) is 2.21. The Hall–Kier alpha value is -3.15. The number of anilines is 1. The second kappa shape index (κ2) is 6.33. The molecule has 6 heteroatoms. The molecule has 0 aliphatic carbocycles. The van der Waals surface area contributed by atoms with Crippen molar-refractivity contribution in [2.45, 2.75) is 0 Å². The first-order valence-electron chi connectivity index (χ1n) is 6.01. The summed E-state index contributed by atoms with van der Waals surface area (Å²) in [6.07, 6.45) is 4.29. The van der Waals surface area contributed by atoms with Crippen LogP contribution in [0.5, 0.6) is 0 Å². The maximum Gasteiger partial charge on any atom is 0.344 e. The molecule has 0 fully saturated rings. The van der Waals surface area contributed by atoms with Crippen LogP contribution in [-0.2, 0) is 9.59 Å². The van der Waals surface area contributed by atoms with Gasteiger partial charge in [-0.25, -0.2) is 9.59 Å². The van der Waals surface area contributed by atoms with E-state index < -0.39 is 17.5 Å². The Bertz CT molecular complexity index is 680. The van der Waals surface area contributed by atoms with E-state index in [1.54, 1.807) is 30.6 Å². The Morgan fingerprint density at radius 1 is 1.00 bits per heavy atom. The molecule has 0 atom stereocenters. The third kappa shape index (κ3) is 3.66. The van der Waals surface area contributed by atoms with E-state index in [9.17, 15) is 9.59 Å². The molecule has 1 aromatic carbocycles. The van der Waals surface area contributed by atoms with Crippen LogP contribution in [-0.4, -0.2) is 27.1 Å². The average Bonchev–Trinajstić information content (AvgIpc) is 2.48. The van der Waals surface area contributed by atoms with Crippen LogP contribution < -0.4 is 5.32 Å². The first-order valence-corrected chi connectivity index (χ1v) is 6.01. The van der Waals surface area contributed by atoms with Crippen LogP contribution in [0.3, 0.4) is 0 Å². The number of carboxylic acids is 2. The zero-order chi connectivity index (χ0) is 15.2. The van der Waals surface area contributed by atoms with Crippen molar-refractivity contribution in [1.29, 1.82) is 0 Å². The second-order valence-corrected chi connectivity index (χ2v) is 4.13. The molecular weight excluding hydrogens is 272 g/mol. The molecule has 6 nitrogen and oxygen atoms in total. The molecule has 3 N–H and O–H groups in total. The number of hydrogen-bond acceptors (Lipinski definition) is 4. The normalized spacial score (nSPS) is 9.71. The monoisotopic (exact) mass is 284 g/mol. The fourth-order valence-corrected chi connectivity index (χ4v) is 1.70. The largest absolute Gasteiger partial charge is 0.477 e. The summed E-state index contributed by atoms with van der Waals surface area (Å²) in [6.45, 7) is 0. The lowest BCUT2D eigenvalue weighted by molar-refractivity contribution is -0.140. The van der Waals surface area contributed by atoms with Gasteiger partial charge in [0.15, 0.2) is 5.57 Å². The first-order chi connectivity index (χ1) is 10.1. The Balaban J connectivity index is 2.25. The first kappa shape index (κ1) is 14.3. The lowest BCUT2D eigenvalue weighted by atomic mass is 10.1. The molecule has 0 amide bonds. The van der Waals surface area contributed by atoms with Crippen molar-refractivity contribution in [2.24, 2.45) is 0 Å². The lowest BCUT2D eigenvalue weighted by Crippen LogP contribution is -2.12. The zero-order valence-electron chi connectivity index (χ0n) is 10.9. The van der Waals surface area contributed by atoms with Crippen molar-refractivity contribution >= 4 is 17.6 Å². The van der Waals surface area contributed by atoms with Crippen molar-refractivity contribution in [2.75, 3.05) is 5.32 Å². The van der Waals surface area contributed by atoms with E-state index in [0.717, 1.165) is 17.3 Å². The van der Waals surface area contributed by atoms with Gasteiger partial charge in [0.1, 0.15) is 0 Å². The Morgan fingerprint density at radius 3 is 2.29 bits per heavy atom. The predicted molar refractivity (Wildman–Crippen MR) is 76.7 cm³/mol. The average molecular weight is 284 g/mol. The van der Waals surface area contributed by atoms with E-state index in [2.05, 4.69) is 10.3 Å². The highest BCUT2D eigenvalue weighted by molar-refractivity contribution is 6.12. The number of rotatable bonds is 5. The van der Waals surface area contributed by atoms with Crippen LogP contribution in [0.25, 0.3) is 11.1 Å². The van der Waals surface area contributed by atoms with Gasteiger partial charge in [-0.1, -0.05) is 12.1 Å². The molecule has 0 spiro atoms. The van der Waals surface area contributed by atoms with Crippen molar-refractivity contribution in [1.82, 2.24) is 4.98 Å². The number of aliphatic carboxylic acids is 2. The molecule has 1 heterocycles. The van der Waals surface area contributed by atoms with Gasteiger partial charge in [-0.3, -0.25) is 4.98 Å². The van der Waals surface area contributed by atoms with Crippen molar-refractivity contribution in [3.05, 3.63) is 60.6 Å². The smallest absolute Gasteiger partial charge is 0.344 e. The molecule has 0 saturated heterocycles. The maximum absolute atomic E-state index is 10.8. The molecule has 0 saturated carbocycles. The van der Waals surface area contributed by atoms with E-state index in [1.165, 1.54) is 0 Å². The van der Waals surface area contributed by atoms with Crippen LogP contribution in [0, 0.1) is 0 Å². The summed E-state index contributed by atoms with van der Waals surface area (Å²) in [5.41, 5.74) is 1.71. The molecule has 0 radical (unpaired) electrons. The van der Waals surface area contributed by atoms with Gasteiger partial charge in [0, 0.05) is 24.3 Å². The molecule has 1 aromatic heterocycles. The third-order valence-corrected chi connectivity index (χ3v) is 2.72. The highest BCUT2D eigenvalue weighted by Gasteiger charge is 2.15. The maximum atomic E-state index is 10.8. The zero-order valence-corrected chi connectivity index (χ0v) is 10.9. The fraction of sp³-hybridized carbons (Fsp3) is 0.